The number of carbonyl (C=O) groups is 1. The van der Waals surface area contributed by atoms with E-state index in [4.69, 9.17) is 4.74 Å². The molecule has 1 spiro atoms. The van der Waals surface area contributed by atoms with Crippen LogP contribution in [0.15, 0.2) is 18.2 Å². The predicted octanol–water partition coefficient (Wildman–Crippen LogP) is 1.97. The van der Waals surface area contributed by atoms with E-state index in [1.54, 1.807) is 4.90 Å². The number of likely N-dealkylation sites (tertiary alicyclic amines) is 1. The molecule has 96 valence electrons. The lowest BCUT2D eigenvalue weighted by Crippen LogP contribution is -2.41. The molecule has 0 radical (unpaired) electrons. The van der Waals surface area contributed by atoms with Crippen LogP contribution in [-0.4, -0.2) is 36.1 Å². The van der Waals surface area contributed by atoms with E-state index in [9.17, 15) is 13.6 Å². The molecule has 0 bridgehead atoms. The molecule has 0 aliphatic carbocycles. The van der Waals surface area contributed by atoms with Crippen LogP contribution in [-0.2, 0) is 4.74 Å². The lowest BCUT2D eigenvalue weighted by molar-refractivity contribution is 0.0658. The van der Waals surface area contributed by atoms with E-state index >= 15 is 0 Å². The van der Waals surface area contributed by atoms with Gasteiger partial charge in [-0.2, -0.15) is 0 Å². The van der Waals surface area contributed by atoms with E-state index in [1.807, 2.05) is 0 Å². The van der Waals surface area contributed by atoms with E-state index < -0.39 is 11.6 Å². The standard InChI is InChI=1S/C13H13F2NO2/c14-9-1-2-10(11(15)7-9)12(17)16-5-3-13(4-6-16)8-18-13/h1-2,7H,3-6,8H2. The Morgan fingerprint density at radius 2 is 1.94 bits per heavy atom. The summed E-state index contributed by atoms with van der Waals surface area (Å²) in [7, 11) is 0. The average Bonchev–Trinajstić information content (AvgIpc) is 3.09. The van der Waals surface area contributed by atoms with Crippen LogP contribution in [0, 0.1) is 11.6 Å². The zero-order valence-electron chi connectivity index (χ0n) is 9.79. The van der Waals surface area contributed by atoms with Crippen molar-refractivity contribution in [3.63, 3.8) is 0 Å². The van der Waals surface area contributed by atoms with Crippen molar-refractivity contribution in [3.8, 4) is 0 Å². The molecule has 3 nitrogen and oxygen atoms in total. The van der Waals surface area contributed by atoms with Gasteiger partial charge in [-0.25, -0.2) is 8.78 Å². The van der Waals surface area contributed by atoms with Crippen molar-refractivity contribution in [1.29, 1.82) is 0 Å². The van der Waals surface area contributed by atoms with Gasteiger partial charge in [0.2, 0.25) is 0 Å². The first-order valence-corrected chi connectivity index (χ1v) is 5.98. The van der Waals surface area contributed by atoms with Crippen molar-refractivity contribution in [2.75, 3.05) is 19.7 Å². The molecule has 18 heavy (non-hydrogen) atoms. The highest BCUT2D eigenvalue weighted by molar-refractivity contribution is 5.94. The molecule has 0 N–H and O–H groups in total. The van der Waals surface area contributed by atoms with Gasteiger partial charge in [0.15, 0.2) is 0 Å². The monoisotopic (exact) mass is 253 g/mol. The minimum atomic E-state index is -0.803. The lowest BCUT2D eigenvalue weighted by atomic mass is 9.97. The Morgan fingerprint density at radius 1 is 1.28 bits per heavy atom. The molecule has 2 saturated heterocycles. The van der Waals surface area contributed by atoms with Gasteiger partial charge in [0.05, 0.1) is 17.8 Å². The van der Waals surface area contributed by atoms with Crippen molar-refractivity contribution in [2.24, 2.45) is 0 Å². The van der Waals surface area contributed by atoms with Crippen LogP contribution in [0.4, 0.5) is 8.78 Å². The maximum absolute atomic E-state index is 13.5. The number of amides is 1. The zero-order chi connectivity index (χ0) is 12.8. The van der Waals surface area contributed by atoms with Crippen molar-refractivity contribution < 1.29 is 18.3 Å². The van der Waals surface area contributed by atoms with Crippen LogP contribution in [0.5, 0.6) is 0 Å². The first-order chi connectivity index (χ1) is 8.60. The minimum absolute atomic E-state index is 0.0158. The van der Waals surface area contributed by atoms with Crippen molar-refractivity contribution >= 4 is 5.91 Å². The van der Waals surface area contributed by atoms with E-state index in [1.165, 1.54) is 6.07 Å². The summed E-state index contributed by atoms with van der Waals surface area (Å²) in [5.41, 5.74) is -0.0814. The summed E-state index contributed by atoms with van der Waals surface area (Å²) in [6.07, 6.45) is 1.59. The molecule has 0 atom stereocenters. The Kier molecular flexibility index (Phi) is 2.59. The van der Waals surface area contributed by atoms with Gasteiger partial charge in [-0.05, 0) is 25.0 Å². The molecule has 5 heteroatoms. The van der Waals surface area contributed by atoms with Crippen LogP contribution < -0.4 is 0 Å². The van der Waals surface area contributed by atoms with Gasteiger partial charge in [0.1, 0.15) is 11.6 Å². The smallest absolute Gasteiger partial charge is 0.256 e. The van der Waals surface area contributed by atoms with Crippen LogP contribution in [0.25, 0.3) is 0 Å². The summed E-state index contributed by atoms with van der Waals surface area (Å²) < 4.78 is 31.6. The van der Waals surface area contributed by atoms with Gasteiger partial charge in [0, 0.05) is 19.2 Å². The number of ether oxygens (including phenoxy) is 1. The molecule has 0 aromatic heterocycles. The highest BCUT2D eigenvalue weighted by Crippen LogP contribution is 2.38. The Morgan fingerprint density at radius 3 is 2.50 bits per heavy atom. The molecular weight excluding hydrogens is 240 g/mol. The molecule has 1 aromatic rings. The van der Waals surface area contributed by atoms with Crippen LogP contribution in [0.3, 0.4) is 0 Å². The number of halogens is 2. The molecule has 0 saturated carbocycles. The lowest BCUT2D eigenvalue weighted by Gasteiger charge is -2.30. The highest BCUT2D eigenvalue weighted by Gasteiger charge is 2.47. The van der Waals surface area contributed by atoms with E-state index in [2.05, 4.69) is 0 Å². The second kappa shape index (κ2) is 4.02. The number of rotatable bonds is 1. The summed E-state index contributed by atoms with van der Waals surface area (Å²) in [6.45, 7) is 1.89. The zero-order valence-corrected chi connectivity index (χ0v) is 9.79. The van der Waals surface area contributed by atoms with E-state index in [0.717, 1.165) is 31.6 Å². The number of piperidine rings is 1. The Hall–Kier alpha value is -1.49. The Labute approximate surface area is 103 Å². The van der Waals surface area contributed by atoms with Gasteiger partial charge in [-0.1, -0.05) is 0 Å². The first-order valence-electron chi connectivity index (χ1n) is 5.98. The van der Waals surface area contributed by atoms with E-state index in [0.29, 0.717) is 13.1 Å². The first kappa shape index (κ1) is 11.6. The van der Waals surface area contributed by atoms with Gasteiger partial charge in [0.25, 0.3) is 5.91 Å². The molecular formula is C13H13F2NO2. The molecule has 0 unspecified atom stereocenters. The van der Waals surface area contributed by atoms with Crippen LogP contribution in [0.1, 0.15) is 23.2 Å². The molecule has 1 amide bonds. The fraction of sp³-hybridized carbons (Fsp3) is 0.462. The average molecular weight is 253 g/mol. The SMILES string of the molecule is O=C(c1ccc(F)cc1F)N1CCC2(CC1)CO2. The predicted molar refractivity (Wildman–Crippen MR) is 60.2 cm³/mol. The molecule has 2 fully saturated rings. The third kappa shape index (κ3) is 1.99. The van der Waals surface area contributed by atoms with Crippen molar-refractivity contribution in [1.82, 2.24) is 4.90 Å². The quantitative estimate of drug-likeness (QED) is 0.717. The fourth-order valence-corrected chi connectivity index (χ4v) is 2.34. The maximum atomic E-state index is 13.5. The number of benzene rings is 1. The van der Waals surface area contributed by atoms with Crippen molar-refractivity contribution in [3.05, 3.63) is 35.4 Å². The summed E-state index contributed by atoms with van der Waals surface area (Å²) in [5, 5.41) is 0. The molecule has 2 aliphatic heterocycles. The molecule has 1 aromatic carbocycles. The number of carbonyl (C=O) groups excluding carboxylic acids is 1. The minimum Gasteiger partial charge on any atom is -0.369 e. The highest BCUT2D eigenvalue weighted by atomic mass is 19.1. The number of nitrogens with zero attached hydrogens (tertiary/aromatic N) is 1. The van der Waals surface area contributed by atoms with Gasteiger partial charge < -0.3 is 9.64 Å². The largest absolute Gasteiger partial charge is 0.369 e. The second-order valence-corrected chi connectivity index (χ2v) is 4.89. The molecule has 2 aliphatic rings. The normalized spacial score (nSPS) is 21.1. The molecule has 3 rings (SSSR count). The third-order valence-corrected chi connectivity index (χ3v) is 3.68. The van der Waals surface area contributed by atoms with Crippen LogP contribution >= 0.6 is 0 Å². The molecule has 2 heterocycles. The maximum Gasteiger partial charge on any atom is 0.256 e. The van der Waals surface area contributed by atoms with Crippen molar-refractivity contribution in [2.45, 2.75) is 18.4 Å². The van der Waals surface area contributed by atoms with Gasteiger partial charge in [-0.15, -0.1) is 0 Å². The summed E-state index contributed by atoms with van der Waals surface area (Å²) in [5.74, 6) is -1.85. The summed E-state index contributed by atoms with van der Waals surface area (Å²) in [4.78, 5) is 13.7. The topological polar surface area (TPSA) is 32.8 Å². The summed E-state index contributed by atoms with van der Waals surface area (Å²) >= 11 is 0. The van der Waals surface area contributed by atoms with Gasteiger partial charge >= 0.3 is 0 Å². The van der Waals surface area contributed by atoms with E-state index in [-0.39, 0.29) is 17.1 Å². The number of hydrogen-bond donors (Lipinski definition) is 0. The number of hydrogen-bond acceptors (Lipinski definition) is 2. The fourth-order valence-electron chi connectivity index (χ4n) is 2.34. The summed E-state index contributed by atoms with van der Waals surface area (Å²) in [6, 6.07) is 3.04. The second-order valence-electron chi connectivity index (χ2n) is 4.89. The van der Waals surface area contributed by atoms with Crippen LogP contribution in [0.2, 0.25) is 0 Å². The Bertz CT molecular complexity index is 490. The van der Waals surface area contributed by atoms with Gasteiger partial charge in [-0.3, -0.25) is 4.79 Å². The Balaban J connectivity index is 1.74. The number of epoxide rings is 1. The third-order valence-electron chi connectivity index (χ3n) is 3.68.